The number of hydrogen-bond acceptors (Lipinski definition) is 6. The Kier molecular flexibility index (Phi) is 7.28. The number of halogens is 6. The molecule has 0 amide bonds. The Morgan fingerprint density at radius 2 is 0.906 bits per heavy atom. The summed E-state index contributed by atoms with van der Waals surface area (Å²) in [6.07, 6.45) is 5.45. The molecule has 1 aliphatic carbocycles. The third-order valence-corrected chi connectivity index (χ3v) is 17.5. The summed E-state index contributed by atoms with van der Waals surface area (Å²) < 4.78 is 134. The van der Waals surface area contributed by atoms with E-state index in [2.05, 4.69) is 0 Å². The van der Waals surface area contributed by atoms with Crippen LogP contribution in [0.2, 0.25) is 0 Å². The predicted molar refractivity (Wildman–Crippen MR) is 111 cm³/mol. The molecule has 0 saturated carbocycles. The van der Waals surface area contributed by atoms with Crippen molar-refractivity contribution in [2.45, 2.75) is 60.0 Å². The van der Waals surface area contributed by atoms with Gasteiger partial charge in [-0.25, -0.2) is 7.26 Å². The number of alkyl halides is 6. The summed E-state index contributed by atoms with van der Waals surface area (Å²) in [5, 5.41) is -1.23. The van der Waals surface area contributed by atoms with E-state index in [-0.39, 0.29) is 35.9 Å². The zero-order valence-electron chi connectivity index (χ0n) is 16.7. The summed E-state index contributed by atoms with van der Waals surface area (Å²) >= 11 is 0. The number of hydrogen-bond donors (Lipinski definition) is 0. The van der Waals surface area contributed by atoms with Gasteiger partial charge in [-0.3, -0.25) is 0 Å². The Morgan fingerprint density at radius 3 is 1.12 bits per heavy atom. The average Bonchev–Trinajstić information content (AvgIpc) is 3.30. The van der Waals surface area contributed by atoms with E-state index in [4.69, 9.17) is 7.26 Å². The van der Waals surface area contributed by atoms with Gasteiger partial charge >= 0.3 is 31.3 Å². The lowest BCUT2D eigenvalue weighted by molar-refractivity contribution is -0.0501. The van der Waals surface area contributed by atoms with Crippen molar-refractivity contribution >= 4 is 40.9 Å². The maximum absolute atomic E-state index is 12.9. The van der Waals surface area contributed by atoms with Crippen LogP contribution in [-0.4, -0.2) is 61.4 Å². The van der Waals surface area contributed by atoms with Crippen molar-refractivity contribution in [3.8, 4) is 0 Å². The van der Waals surface area contributed by atoms with Gasteiger partial charge in [0.1, 0.15) is 0 Å². The van der Waals surface area contributed by atoms with Gasteiger partial charge in [0.05, 0.1) is 0 Å². The third kappa shape index (κ3) is 5.09. The molecule has 0 aromatic rings. The van der Waals surface area contributed by atoms with Gasteiger partial charge in [0, 0.05) is 33.5 Å². The third-order valence-electron chi connectivity index (χ3n) is 5.86. The molecule has 16 heteroatoms. The normalized spacial score (nSPS) is 30.8. The van der Waals surface area contributed by atoms with Crippen LogP contribution < -0.4 is 0 Å². The maximum atomic E-state index is 12.9. The Bertz CT molecular complexity index is 855. The maximum Gasteiger partial charge on any atom is 0.523 e. The predicted octanol–water partition coefficient (Wildman–Crippen LogP) is 4.83. The molecule has 6 nitrogen and oxygen atoms in total. The molecule has 0 bridgehead atoms. The van der Waals surface area contributed by atoms with Crippen LogP contribution in [0.25, 0.3) is 0 Å². The highest BCUT2D eigenvalue weighted by atomic mass is 32.3. The van der Waals surface area contributed by atoms with Gasteiger partial charge < -0.3 is 0 Å². The van der Waals surface area contributed by atoms with Crippen LogP contribution in [0.15, 0.2) is 12.2 Å². The lowest BCUT2D eigenvalue weighted by Gasteiger charge is -2.46. The monoisotopic (exact) mass is 554 g/mol. The highest BCUT2D eigenvalue weighted by Crippen LogP contribution is 2.67. The minimum atomic E-state index is -5.79. The summed E-state index contributed by atoms with van der Waals surface area (Å²) in [7, 11) is -16.9. The zero-order valence-corrected chi connectivity index (χ0v) is 20.0. The first-order chi connectivity index (χ1) is 14.5. The fraction of sp³-hybridized carbons (Fsp3) is 0.875. The standard InChI is InChI=1S/C16H24F6O6S4/c17-15(18,19)31(23,24)27-29(9-1-2-10-29)13-5-7-14(8-6-13)30(11-3-4-12-30)28-32(25,26)16(20,21)22/h5,7,13-14H,1-4,6,8-12H2. The molecule has 190 valence electrons. The molecule has 2 saturated heterocycles. The first-order valence-corrected chi connectivity index (χ1v) is 16.6. The molecule has 3 aliphatic rings. The second kappa shape index (κ2) is 8.81. The molecule has 0 radical (unpaired) electrons. The summed E-state index contributed by atoms with van der Waals surface area (Å²) in [6, 6.07) is 0. The van der Waals surface area contributed by atoms with E-state index in [0.29, 0.717) is 25.7 Å². The van der Waals surface area contributed by atoms with E-state index in [1.165, 1.54) is 12.2 Å². The largest absolute Gasteiger partial charge is 0.523 e. The van der Waals surface area contributed by atoms with Gasteiger partial charge in [-0.2, -0.15) is 43.2 Å². The molecule has 2 unspecified atom stereocenters. The summed E-state index contributed by atoms with van der Waals surface area (Å²) in [4.78, 5) is 0. The van der Waals surface area contributed by atoms with Crippen molar-refractivity contribution < 1.29 is 50.4 Å². The molecule has 32 heavy (non-hydrogen) atoms. The van der Waals surface area contributed by atoms with E-state index in [1.54, 1.807) is 0 Å². The van der Waals surface area contributed by atoms with Gasteiger partial charge in [-0.15, -0.1) is 20.6 Å². The van der Waals surface area contributed by atoms with E-state index >= 15 is 0 Å². The molecule has 2 fully saturated rings. The van der Waals surface area contributed by atoms with Crippen LogP contribution in [0.1, 0.15) is 38.5 Å². The fourth-order valence-corrected chi connectivity index (χ4v) is 16.0. The van der Waals surface area contributed by atoms with E-state index in [1.807, 2.05) is 0 Å². The Labute approximate surface area is 186 Å². The average molecular weight is 555 g/mol. The summed E-state index contributed by atoms with van der Waals surface area (Å²) in [6.45, 7) is 0. The zero-order chi connectivity index (χ0) is 24.1. The van der Waals surface area contributed by atoms with Crippen molar-refractivity contribution in [2.24, 2.45) is 0 Å². The lowest BCUT2D eigenvalue weighted by Crippen LogP contribution is -2.35. The SMILES string of the molecule is O=S(=O)(OS1(C2C=CC(S3(OS(=O)(=O)C(F)(F)F)CCCC3)CC2)CCCC1)C(F)(F)F. The highest BCUT2D eigenvalue weighted by molar-refractivity contribution is 8.34. The Morgan fingerprint density at radius 1 is 0.625 bits per heavy atom. The molecule has 2 heterocycles. The van der Waals surface area contributed by atoms with Crippen molar-refractivity contribution in [1.29, 1.82) is 0 Å². The van der Waals surface area contributed by atoms with Crippen LogP contribution in [0, 0.1) is 0 Å². The second-order valence-corrected chi connectivity index (χ2v) is 18.1. The van der Waals surface area contributed by atoms with Crippen LogP contribution >= 0.6 is 20.6 Å². The molecule has 2 aliphatic heterocycles. The molecule has 0 aromatic heterocycles. The Hall–Kier alpha value is -0.160. The second-order valence-electron chi connectivity index (χ2n) is 7.94. The van der Waals surface area contributed by atoms with Crippen molar-refractivity contribution in [3.63, 3.8) is 0 Å². The van der Waals surface area contributed by atoms with Crippen LogP contribution in [0.4, 0.5) is 26.3 Å². The first kappa shape index (κ1) is 26.4. The summed E-state index contributed by atoms with van der Waals surface area (Å²) in [5.41, 5.74) is -11.1. The van der Waals surface area contributed by atoms with Crippen LogP contribution in [0.3, 0.4) is 0 Å². The van der Waals surface area contributed by atoms with E-state index in [0.717, 1.165) is 0 Å². The van der Waals surface area contributed by atoms with Gasteiger partial charge in [0.2, 0.25) is 0 Å². The molecular formula is C16H24F6O6S4. The van der Waals surface area contributed by atoms with E-state index in [9.17, 15) is 43.2 Å². The molecule has 0 N–H and O–H groups in total. The minimum Gasteiger partial charge on any atom is -0.212 e. The fourth-order valence-electron chi connectivity index (χ4n) is 4.35. The summed E-state index contributed by atoms with van der Waals surface area (Å²) in [5.74, 6) is 0.718. The van der Waals surface area contributed by atoms with Crippen LogP contribution in [0.5, 0.6) is 0 Å². The minimum absolute atomic E-state index is 0.180. The van der Waals surface area contributed by atoms with Gasteiger partial charge in [-0.1, -0.05) is 12.2 Å². The molecule has 3 rings (SSSR count). The quantitative estimate of drug-likeness (QED) is 0.266. The molecule has 0 aromatic carbocycles. The van der Waals surface area contributed by atoms with E-state index < -0.39 is 62.4 Å². The van der Waals surface area contributed by atoms with Gasteiger partial charge in [0.25, 0.3) is 0 Å². The van der Waals surface area contributed by atoms with Gasteiger partial charge in [-0.05, 0) is 38.5 Å². The topological polar surface area (TPSA) is 86.7 Å². The van der Waals surface area contributed by atoms with Crippen molar-refractivity contribution in [3.05, 3.63) is 12.2 Å². The van der Waals surface area contributed by atoms with Crippen LogP contribution in [-0.2, 0) is 27.5 Å². The first-order valence-electron chi connectivity index (χ1n) is 9.82. The van der Waals surface area contributed by atoms with Gasteiger partial charge in [0.15, 0.2) is 0 Å². The smallest absolute Gasteiger partial charge is 0.212 e. The molecular weight excluding hydrogens is 530 g/mol. The Balaban J connectivity index is 1.84. The van der Waals surface area contributed by atoms with Crippen molar-refractivity contribution in [2.75, 3.05) is 23.0 Å². The molecule has 2 atom stereocenters. The van der Waals surface area contributed by atoms with Crippen molar-refractivity contribution in [1.82, 2.24) is 0 Å². The molecule has 0 spiro atoms. The lowest BCUT2D eigenvalue weighted by atomic mass is 10.1. The highest BCUT2D eigenvalue weighted by Gasteiger charge is 2.55. The number of rotatable bonds is 6.